The van der Waals surface area contributed by atoms with Crippen molar-refractivity contribution >= 4 is 11.9 Å². The van der Waals surface area contributed by atoms with Crippen LogP contribution in [0, 0.1) is 11.6 Å². The number of nitrogens with one attached hydrogen (secondary N) is 1. The van der Waals surface area contributed by atoms with Crippen molar-refractivity contribution in [1.82, 2.24) is 5.32 Å². The Kier molecular flexibility index (Phi) is 5.41. The van der Waals surface area contributed by atoms with E-state index in [1.165, 1.54) is 6.92 Å². The Bertz CT molecular complexity index is 684. The third kappa shape index (κ3) is 4.88. The molecule has 0 aliphatic carbocycles. The fraction of sp³-hybridized carbons (Fsp3) is 0.176. The number of hydrogen-bond acceptors (Lipinski definition) is 3. The zero-order chi connectivity index (χ0) is 16.8. The van der Waals surface area contributed by atoms with Gasteiger partial charge in [-0.05, 0) is 24.6 Å². The molecule has 0 saturated carbocycles. The smallest absolute Gasteiger partial charge is 0.408 e. The maximum absolute atomic E-state index is 13.1. The summed E-state index contributed by atoms with van der Waals surface area (Å²) in [6.07, 6.45) is -0.786. The molecule has 0 bridgehead atoms. The summed E-state index contributed by atoms with van der Waals surface area (Å²) in [4.78, 5) is 23.7. The molecule has 120 valence electrons. The molecule has 2 rings (SSSR count). The number of ether oxygens (including phenoxy) is 1. The number of carbonyl (C=O) groups excluding carboxylic acids is 2. The summed E-state index contributed by atoms with van der Waals surface area (Å²) in [5, 5.41) is 2.33. The lowest BCUT2D eigenvalue weighted by Gasteiger charge is -2.13. The molecule has 0 heterocycles. The number of ketones is 1. The number of halogens is 2. The number of benzene rings is 2. The summed E-state index contributed by atoms with van der Waals surface area (Å²) in [5.74, 6) is -2.32. The quantitative estimate of drug-likeness (QED) is 0.859. The lowest BCUT2D eigenvalue weighted by Crippen LogP contribution is -2.38. The molecule has 0 aliphatic rings. The zero-order valence-electron chi connectivity index (χ0n) is 12.4. The average Bonchev–Trinajstić information content (AvgIpc) is 2.52. The van der Waals surface area contributed by atoms with E-state index in [-0.39, 0.29) is 12.2 Å². The van der Waals surface area contributed by atoms with Gasteiger partial charge in [-0.25, -0.2) is 13.6 Å². The molecule has 0 saturated heterocycles. The van der Waals surface area contributed by atoms with Gasteiger partial charge in [-0.2, -0.15) is 0 Å². The first-order chi connectivity index (χ1) is 11.0. The second-order valence-electron chi connectivity index (χ2n) is 4.95. The molecular weight excluding hydrogens is 304 g/mol. The molecule has 2 aromatic carbocycles. The molecule has 1 N–H and O–H groups in total. The molecule has 6 heteroatoms. The third-order valence-electron chi connectivity index (χ3n) is 3.09. The third-order valence-corrected chi connectivity index (χ3v) is 3.09. The molecule has 0 aromatic heterocycles. The van der Waals surface area contributed by atoms with Gasteiger partial charge < -0.3 is 10.1 Å². The maximum Gasteiger partial charge on any atom is 0.408 e. The van der Waals surface area contributed by atoms with Gasteiger partial charge in [0.15, 0.2) is 5.78 Å². The van der Waals surface area contributed by atoms with Gasteiger partial charge >= 0.3 is 6.09 Å². The number of hydrogen-bond donors (Lipinski definition) is 1. The van der Waals surface area contributed by atoms with Gasteiger partial charge in [0.1, 0.15) is 18.2 Å². The van der Waals surface area contributed by atoms with E-state index in [0.29, 0.717) is 6.07 Å². The molecule has 23 heavy (non-hydrogen) atoms. The monoisotopic (exact) mass is 319 g/mol. The molecule has 1 atom stereocenters. The number of alkyl carbamates (subject to hydrolysis) is 1. The summed E-state index contributed by atoms with van der Waals surface area (Å²) >= 11 is 0. The lowest BCUT2D eigenvalue weighted by atomic mass is 10.1. The molecule has 0 radical (unpaired) electrons. The Labute approximate surface area is 132 Å². The first-order valence-electron chi connectivity index (χ1n) is 6.93. The van der Waals surface area contributed by atoms with E-state index >= 15 is 0 Å². The zero-order valence-corrected chi connectivity index (χ0v) is 12.4. The standard InChI is InChI=1S/C17H15F2NO3/c1-11(16(21)13-7-14(18)9-15(19)8-13)20-17(22)23-10-12-5-3-2-4-6-12/h2-9,11H,10H2,1H3,(H,20,22)/t11-/m0/s1. The van der Waals surface area contributed by atoms with Gasteiger partial charge in [0.2, 0.25) is 0 Å². The average molecular weight is 319 g/mol. The predicted molar refractivity (Wildman–Crippen MR) is 79.9 cm³/mol. The van der Waals surface area contributed by atoms with Crippen molar-refractivity contribution in [3.63, 3.8) is 0 Å². The minimum Gasteiger partial charge on any atom is -0.445 e. The normalized spacial score (nSPS) is 11.6. The molecule has 2 aromatic rings. The van der Waals surface area contributed by atoms with Crippen LogP contribution in [0.1, 0.15) is 22.8 Å². The van der Waals surface area contributed by atoms with Gasteiger partial charge in [-0.15, -0.1) is 0 Å². The van der Waals surface area contributed by atoms with Crippen LogP contribution in [-0.4, -0.2) is 17.9 Å². The van der Waals surface area contributed by atoms with Crippen molar-refractivity contribution in [3.05, 3.63) is 71.3 Å². The van der Waals surface area contributed by atoms with E-state index < -0.39 is 29.6 Å². The van der Waals surface area contributed by atoms with Crippen molar-refractivity contribution in [1.29, 1.82) is 0 Å². The van der Waals surface area contributed by atoms with Crippen LogP contribution in [0.15, 0.2) is 48.5 Å². The number of Topliss-reactive ketones (excluding diaryl/α,β-unsaturated/α-hetero) is 1. The van der Waals surface area contributed by atoms with Crippen LogP contribution in [-0.2, 0) is 11.3 Å². The van der Waals surface area contributed by atoms with Crippen LogP contribution in [0.3, 0.4) is 0 Å². The first-order valence-corrected chi connectivity index (χ1v) is 6.93. The second-order valence-corrected chi connectivity index (χ2v) is 4.95. The fourth-order valence-electron chi connectivity index (χ4n) is 1.95. The molecule has 1 amide bonds. The fourth-order valence-corrected chi connectivity index (χ4v) is 1.95. The number of amides is 1. The summed E-state index contributed by atoms with van der Waals surface area (Å²) in [7, 11) is 0. The van der Waals surface area contributed by atoms with E-state index in [4.69, 9.17) is 4.74 Å². The second kappa shape index (κ2) is 7.49. The lowest BCUT2D eigenvalue weighted by molar-refractivity contribution is 0.0926. The Balaban J connectivity index is 1.91. The van der Waals surface area contributed by atoms with Crippen molar-refractivity contribution in [2.75, 3.05) is 0 Å². The van der Waals surface area contributed by atoms with E-state index in [1.54, 1.807) is 24.3 Å². The molecule has 0 aliphatic heterocycles. The Morgan fingerprint density at radius 2 is 1.70 bits per heavy atom. The van der Waals surface area contributed by atoms with Gasteiger partial charge in [-0.1, -0.05) is 30.3 Å². The highest BCUT2D eigenvalue weighted by Crippen LogP contribution is 2.10. The summed E-state index contributed by atoms with van der Waals surface area (Å²) < 4.78 is 31.2. The van der Waals surface area contributed by atoms with Crippen molar-refractivity contribution in [2.24, 2.45) is 0 Å². The highest BCUT2D eigenvalue weighted by Gasteiger charge is 2.19. The Hall–Kier alpha value is -2.76. The maximum atomic E-state index is 13.1. The van der Waals surface area contributed by atoms with Crippen molar-refractivity contribution < 1.29 is 23.1 Å². The predicted octanol–water partition coefficient (Wildman–Crippen LogP) is 3.46. The Morgan fingerprint density at radius 3 is 2.30 bits per heavy atom. The van der Waals surface area contributed by atoms with Crippen molar-refractivity contribution in [3.8, 4) is 0 Å². The minimum absolute atomic E-state index is 0.0577. The summed E-state index contributed by atoms with van der Waals surface area (Å²) in [6, 6.07) is 10.6. The molecule has 4 nitrogen and oxygen atoms in total. The highest BCUT2D eigenvalue weighted by molar-refractivity contribution is 6.01. The molecule has 0 unspecified atom stereocenters. The van der Waals surface area contributed by atoms with Crippen LogP contribution in [0.25, 0.3) is 0 Å². The Morgan fingerprint density at radius 1 is 1.09 bits per heavy atom. The largest absolute Gasteiger partial charge is 0.445 e. The molecule has 0 spiro atoms. The van der Waals surface area contributed by atoms with Gasteiger partial charge in [-0.3, -0.25) is 4.79 Å². The van der Waals surface area contributed by atoms with Crippen LogP contribution in [0.4, 0.5) is 13.6 Å². The van der Waals surface area contributed by atoms with Gasteiger partial charge in [0, 0.05) is 11.6 Å². The van der Waals surface area contributed by atoms with E-state index in [2.05, 4.69) is 5.32 Å². The van der Waals surface area contributed by atoms with Crippen LogP contribution >= 0.6 is 0 Å². The van der Waals surface area contributed by atoms with Crippen LogP contribution in [0.2, 0.25) is 0 Å². The van der Waals surface area contributed by atoms with E-state index in [1.807, 2.05) is 6.07 Å². The summed E-state index contributed by atoms with van der Waals surface area (Å²) in [6.45, 7) is 1.47. The van der Waals surface area contributed by atoms with E-state index in [9.17, 15) is 18.4 Å². The van der Waals surface area contributed by atoms with Gasteiger partial charge in [0.25, 0.3) is 0 Å². The van der Waals surface area contributed by atoms with Crippen molar-refractivity contribution in [2.45, 2.75) is 19.6 Å². The van der Waals surface area contributed by atoms with Crippen LogP contribution < -0.4 is 5.32 Å². The number of rotatable bonds is 5. The molecular formula is C17H15F2NO3. The highest BCUT2D eigenvalue weighted by atomic mass is 19.1. The minimum atomic E-state index is -0.973. The van der Waals surface area contributed by atoms with Crippen LogP contribution in [0.5, 0.6) is 0 Å². The number of carbonyl (C=O) groups is 2. The van der Waals surface area contributed by atoms with E-state index in [0.717, 1.165) is 17.7 Å². The van der Waals surface area contributed by atoms with Gasteiger partial charge in [0.05, 0.1) is 6.04 Å². The SMILES string of the molecule is C[C@H](NC(=O)OCc1ccccc1)C(=O)c1cc(F)cc(F)c1. The summed E-state index contributed by atoms with van der Waals surface area (Å²) in [5.41, 5.74) is 0.646. The molecule has 0 fully saturated rings. The first kappa shape index (κ1) is 16.6. The topological polar surface area (TPSA) is 55.4 Å².